The topological polar surface area (TPSA) is 52.6 Å². The number of benzene rings is 1. The maximum Gasteiger partial charge on any atom is 0.573 e. The summed E-state index contributed by atoms with van der Waals surface area (Å²) in [6.45, 7) is 2.88. The Morgan fingerprint density at radius 1 is 1.25 bits per heavy atom. The highest BCUT2D eigenvalue weighted by Crippen LogP contribution is 2.28. The van der Waals surface area contributed by atoms with Gasteiger partial charge in [0.15, 0.2) is 0 Å². The highest BCUT2D eigenvalue weighted by atomic mass is 19.4. The van der Waals surface area contributed by atoms with E-state index in [2.05, 4.69) is 9.47 Å². The molecular formula is C13H13F3O4. The van der Waals surface area contributed by atoms with Gasteiger partial charge >= 0.3 is 12.3 Å². The lowest BCUT2D eigenvalue weighted by Gasteiger charge is -2.13. The molecule has 0 spiro atoms. The molecule has 0 aliphatic heterocycles. The molecule has 7 heteroatoms. The summed E-state index contributed by atoms with van der Waals surface area (Å²) in [5.41, 5.74) is 0.0537. The molecule has 0 aliphatic rings. The van der Waals surface area contributed by atoms with Crippen LogP contribution in [0.15, 0.2) is 18.2 Å². The van der Waals surface area contributed by atoms with Gasteiger partial charge < -0.3 is 9.47 Å². The average molecular weight is 290 g/mol. The Morgan fingerprint density at radius 3 is 2.40 bits per heavy atom. The van der Waals surface area contributed by atoms with Crippen molar-refractivity contribution in [3.8, 4) is 5.75 Å². The van der Waals surface area contributed by atoms with Crippen LogP contribution in [-0.4, -0.2) is 24.7 Å². The predicted molar refractivity (Wildman–Crippen MR) is 63.5 cm³/mol. The summed E-state index contributed by atoms with van der Waals surface area (Å²) < 4.78 is 45.2. The van der Waals surface area contributed by atoms with E-state index in [1.807, 2.05) is 0 Å². The molecule has 0 saturated heterocycles. The van der Waals surface area contributed by atoms with Crippen LogP contribution in [0.5, 0.6) is 5.75 Å². The minimum atomic E-state index is -4.91. The van der Waals surface area contributed by atoms with Gasteiger partial charge in [0.2, 0.25) is 0 Å². The summed E-state index contributed by atoms with van der Waals surface area (Å²) in [6, 6.07) is 3.46. The molecule has 20 heavy (non-hydrogen) atoms. The largest absolute Gasteiger partial charge is 0.573 e. The van der Waals surface area contributed by atoms with Gasteiger partial charge in [0.1, 0.15) is 17.1 Å². The van der Waals surface area contributed by atoms with Crippen LogP contribution in [0.3, 0.4) is 0 Å². The fourth-order valence-electron chi connectivity index (χ4n) is 1.56. The molecule has 0 N–H and O–H groups in total. The van der Waals surface area contributed by atoms with E-state index in [1.54, 1.807) is 0 Å². The molecule has 0 aromatic heterocycles. The molecule has 0 amide bonds. The van der Waals surface area contributed by atoms with Crippen LogP contribution in [0.4, 0.5) is 13.2 Å². The second kappa shape index (κ2) is 6.40. The van der Waals surface area contributed by atoms with Crippen molar-refractivity contribution in [1.29, 1.82) is 0 Å². The Kier molecular flexibility index (Phi) is 5.12. The quantitative estimate of drug-likeness (QED) is 0.782. The zero-order valence-corrected chi connectivity index (χ0v) is 10.9. The molecule has 0 fully saturated rings. The Balaban J connectivity index is 3.15. The third-order valence-electron chi connectivity index (χ3n) is 2.22. The minimum Gasteiger partial charge on any atom is -0.462 e. The summed E-state index contributed by atoms with van der Waals surface area (Å²) in [5, 5.41) is 0. The number of rotatable bonds is 5. The van der Waals surface area contributed by atoms with Crippen molar-refractivity contribution in [3.05, 3.63) is 29.3 Å². The van der Waals surface area contributed by atoms with Gasteiger partial charge in [0.25, 0.3) is 0 Å². The SMILES string of the molecule is CCOC(=O)c1cc(CC(C)=O)ccc1OC(F)(F)F. The number of ether oxygens (including phenoxy) is 2. The van der Waals surface area contributed by atoms with E-state index in [0.717, 1.165) is 6.07 Å². The van der Waals surface area contributed by atoms with E-state index >= 15 is 0 Å². The van der Waals surface area contributed by atoms with E-state index in [-0.39, 0.29) is 24.4 Å². The Hall–Kier alpha value is -2.05. The van der Waals surface area contributed by atoms with Gasteiger partial charge in [-0.1, -0.05) is 6.07 Å². The number of ketones is 1. The normalized spacial score (nSPS) is 11.1. The number of hydrogen-bond donors (Lipinski definition) is 0. The van der Waals surface area contributed by atoms with Crippen molar-refractivity contribution in [2.45, 2.75) is 26.6 Å². The minimum absolute atomic E-state index is 0.0126. The number of carbonyl (C=O) groups is 2. The molecule has 0 saturated carbocycles. The lowest BCUT2D eigenvalue weighted by atomic mass is 10.1. The van der Waals surface area contributed by atoms with Crippen molar-refractivity contribution < 1.29 is 32.2 Å². The van der Waals surface area contributed by atoms with Gasteiger partial charge in [-0.15, -0.1) is 13.2 Å². The first-order valence-electron chi connectivity index (χ1n) is 5.78. The molecule has 0 radical (unpaired) electrons. The maximum atomic E-state index is 12.3. The van der Waals surface area contributed by atoms with Crippen LogP contribution >= 0.6 is 0 Å². The van der Waals surface area contributed by atoms with Gasteiger partial charge in [0, 0.05) is 6.42 Å². The number of alkyl halides is 3. The smallest absolute Gasteiger partial charge is 0.462 e. The highest BCUT2D eigenvalue weighted by Gasteiger charge is 2.33. The monoisotopic (exact) mass is 290 g/mol. The Morgan fingerprint density at radius 2 is 1.90 bits per heavy atom. The molecule has 0 atom stereocenters. The summed E-state index contributed by atoms with van der Waals surface area (Å²) in [6.07, 6.45) is -4.90. The van der Waals surface area contributed by atoms with Crippen LogP contribution in [0, 0.1) is 0 Å². The van der Waals surface area contributed by atoms with Gasteiger partial charge in [-0.25, -0.2) is 4.79 Å². The molecule has 1 aromatic rings. The lowest BCUT2D eigenvalue weighted by molar-refractivity contribution is -0.274. The summed E-state index contributed by atoms with van der Waals surface area (Å²) >= 11 is 0. The fourth-order valence-corrected chi connectivity index (χ4v) is 1.56. The zero-order valence-electron chi connectivity index (χ0n) is 10.9. The molecule has 0 aliphatic carbocycles. The number of hydrogen-bond acceptors (Lipinski definition) is 4. The molecule has 0 unspecified atom stereocenters. The standard InChI is InChI=1S/C13H13F3O4/c1-3-19-12(18)10-7-9(6-8(2)17)4-5-11(10)20-13(14,15)16/h4-5,7H,3,6H2,1-2H3. The van der Waals surface area contributed by atoms with Crippen molar-refractivity contribution >= 4 is 11.8 Å². The van der Waals surface area contributed by atoms with Gasteiger partial charge in [-0.3, -0.25) is 4.79 Å². The van der Waals surface area contributed by atoms with E-state index in [0.29, 0.717) is 5.56 Å². The zero-order chi connectivity index (χ0) is 15.3. The third-order valence-corrected chi connectivity index (χ3v) is 2.22. The Labute approximate surface area is 113 Å². The first-order chi connectivity index (χ1) is 9.23. The summed E-state index contributed by atoms with van der Waals surface area (Å²) in [5.74, 6) is -1.76. The molecule has 1 aromatic carbocycles. The number of esters is 1. The average Bonchev–Trinajstić information content (AvgIpc) is 2.28. The van der Waals surface area contributed by atoms with Gasteiger partial charge in [-0.05, 0) is 31.5 Å². The first-order valence-corrected chi connectivity index (χ1v) is 5.78. The number of carbonyl (C=O) groups excluding carboxylic acids is 2. The first kappa shape index (κ1) is 16.0. The van der Waals surface area contributed by atoms with Crippen LogP contribution in [0.1, 0.15) is 29.8 Å². The number of halogens is 3. The summed E-state index contributed by atoms with van der Waals surface area (Å²) in [4.78, 5) is 22.6. The molecule has 110 valence electrons. The fraction of sp³-hybridized carbons (Fsp3) is 0.385. The highest BCUT2D eigenvalue weighted by molar-refractivity contribution is 5.93. The van der Waals surface area contributed by atoms with E-state index in [9.17, 15) is 22.8 Å². The Bertz CT molecular complexity index is 509. The predicted octanol–water partition coefficient (Wildman–Crippen LogP) is 2.89. The maximum absolute atomic E-state index is 12.3. The van der Waals surface area contributed by atoms with E-state index in [4.69, 9.17) is 0 Å². The van der Waals surface area contributed by atoms with Crippen LogP contribution in [0.2, 0.25) is 0 Å². The van der Waals surface area contributed by atoms with Crippen molar-refractivity contribution in [3.63, 3.8) is 0 Å². The van der Waals surface area contributed by atoms with Gasteiger partial charge in [0.05, 0.1) is 6.61 Å². The van der Waals surface area contributed by atoms with Crippen molar-refractivity contribution in [2.75, 3.05) is 6.61 Å². The van der Waals surface area contributed by atoms with Crippen LogP contribution in [0.25, 0.3) is 0 Å². The summed E-state index contributed by atoms with van der Waals surface area (Å²) in [7, 11) is 0. The lowest BCUT2D eigenvalue weighted by Crippen LogP contribution is -2.20. The third kappa shape index (κ3) is 4.91. The van der Waals surface area contributed by atoms with Crippen LogP contribution < -0.4 is 4.74 Å². The molecule has 0 bridgehead atoms. The molecule has 1 rings (SSSR count). The molecular weight excluding hydrogens is 277 g/mol. The van der Waals surface area contributed by atoms with E-state index < -0.39 is 18.1 Å². The second-order valence-corrected chi connectivity index (χ2v) is 3.98. The molecule has 0 heterocycles. The molecule has 4 nitrogen and oxygen atoms in total. The number of Topliss-reactive ketones (excluding diaryl/α,β-unsaturated/α-hetero) is 1. The van der Waals surface area contributed by atoms with Crippen molar-refractivity contribution in [1.82, 2.24) is 0 Å². The van der Waals surface area contributed by atoms with Crippen molar-refractivity contribution in [2.24, 2.45) is 0 Å². The van der Waals surface area contributed by atoms with E-state index in [1.165, 1.54) is 26.0 Å². The van der Waals surface area contributed by atoms with Gasteiger partial charge in [-0.2, -0.15) is 0 Å². The van der Waals surface area contributed by atoms with Crippen LogP contribution in [-0.2, 0) is 16.0 Å². The second-order valence-electron chi connectivity index (χ2n) is 3.98.